The summed E-state index contributed by atoms with van der Waals surface area (Å²) < 4.78 is 5.46. The van der Waals surface area contributed by atoms with Gasteiger partial charge in [-0.1, -0.05) is 20.3 Å². The number of hydrogen-bond donors (Lipinski definition) is 1. The molecule has 1 aliphatic carbocycles. The van der Waals surface area contributed by atoms with E-state index in [9.17, 15) is 5.11 Å². The Labute approximate surface area is 129 Å². The lowest BCUT2D eigenvalue weighted by Gasteiger charge is -2.42. The number of rotatable bonds is 3. The number of aliphatic hydroxyl groups is 1. The maximum atomic E-state index is 10.6. The average Bonchev–Trinajstić information content (AvgIpc) is 2.93. The van der Waals surface area contributed by atoms with Gasteiger partial charge in [0.1, 0.15) is 0 Å². The predicted octanol–water partition coefficient (Wildman–Crippen LogP) is 1.58. The minimum Gasteiger partial charge on any atom is -0.392 e. The fraction of sp³-hybridized carbons (Fsp3) is 1.00. The molecule has 2 heterocycles. The summed E-state index contributed by atoms with van der Waals surface area (Å²) in [5.74, 6) is 0.470. The molecule has 21 heavy (non-hydrogen) atoms. The Morgan fingerprint density at radius 3 is 2.67 bits per heavy atom. The standard InChI is InChI=1S/C17H32N2O2/c1-17(2)6-3-4-14(16(17)20)12-18-7-5-15(13-18)19-8-10-21-11-9-19/h14-16,20H,3-13H2,1-2H3. The first-order valence-electron chi connectivity index (χ1n) is 8.78. The molecule has 3 atom stereocenters. The van der Waals surface area contributed by atoms with Gasteiger partial charge in [-0.05, 0) is 37.1 Å². The number of aliphatic hydroxyl groups excluding tert-OH is 1. The highest BCUT2D eigenvalue weighted by Gasteiger charge is 2.39. The van der Waals surface area contributed by atoms with Crippen LogP contribution in [-0.4, -0.2) is 73.0 Å². The second-order valence-corrected chi connectivity index (χ2v) is 7.94. The van der Waals surface area contributed by atoms with Crippen molar-refractivity contribution in [3.8, 4) is 0 Å². The van der Waals surface area contributed by atoms with Crippen LogP contribution < -0.4 is 0 Å². The second-order valence-electron chi connectivity index (χ2n) is 7.94. The van der Waals surface area contributed by atoms with Gasteiger partial charge in [0, 0.05) is 32.2 Å². The van der Waals surface area contributed by atoms with Gasteiger partial charge >= 0.3 is 0 Å². The number of likely N-dealkylation sites (tertiary alicyclic amines) is 1. The lowest BCUT2D eigenvalue weighted by molar-refractivity contribution is -0.0420. The Balaban J connectivity index is 1.50. The molecule has 0 aromatic heterocycles. The van der Waals surface area contributed by atoms with Gasteiger partial charge in [-0.15, -0.1) is 0 Å². The molecule has 122 valence electrons. The van der Waals surface area contributed by atoms with Gasteiger partial charge in [-0.3, -0.25) is 4.90 Å². The monoisotopic (exact) mass is 296 g/mol. The van der Waals surface area contributed by atoms with Crippen LogP contribution in [0.25, 0.3) is 0 Å². The molecule has 0 amide bonds. The molecular weight excluding hydrogens is 264 g/mol. The molecule has 4 nitrogen and oxygen atoms in total. The largest absolute Gasteiger partial charge is 0.392 e. The molecule has 0 aromatic carbocycles. The topological polar surface area (TPSA) is 35.9 Å². The van der Waals surface area contributed by atoms with Crippen LogP contribution in [0.15, 0.2) is 0 Å². The van der Waals surface area contributed by atoms with E-state index < -0.39 is 0 Å². The third-order valence-electron chi connectivity index (χ3n) is 5.95. The van der Waals surface area contributed by atoms with Crippen LogP contribution in [0.1, 0.15) is 39.5 Å². The highest BCUT2D eigenvalue weighted by molar-refractivity contribution is 4.92. The summed E-state index contributed by atoms with van der Waals surface area (Å²) in [7, 11) is 0. The van der Waals surface area contributed by atoms with Crippen molar-refractivity contribution in [1.29, 1.82) is 0 Å². The van der Waals surface area contributed by atoms with Crippen molar-refractivity contribution >= 4 is 0 Å². The van der Waals surface area contributed by atoms with Crippen LogP contribution in [0.5, 0.6) is 0 Å². The van der Waals surface area contributed by atoms with Gasteiger partial charge in [0.05, 0.1) is 19.3 Å². The van der Waals surface area contributed by atoms with Gasteiger partial charge in [-0.25, -0.2) is 0 Å². The summed E-state index contributed by atoms with van der Waals surface area (Å²) in [6, 6.07) is 0.711. The van der Waals surface area contributed by atoms with Crippen molar-refractivity contribution in [1.82, 2.24) is 9.80 Å². The zero-order valence-corrected chi connectivity index (χ0v) is 13.8. The van der Waals surface area contributed by atoms with Crippen LogP contribution in [-0.2, 0) is 4.74 Å². The van der Waals surface area contributed by atoms with E-state index in [1.807, 2.05) is 0 Å². The molecule has 0 spiro atoms. The molecule has 0 aromatic rings. The van der Waals surface area contributed by atoms with Crippen LogP contribution in [0, 0.1) is 11.3 Å². The molecule has 0 radical (unpaired) electrons. The summed E-state index contributed by atoms with van der Waals surface area (Å²) in [6.07, 6.45) is 4.79. The molecule has 3 fully saturated rings. The summed E-state index contributed by atoms with van der Waals surface area (Å²) in [5, 5.41) is 10.6. The first-order chi connectivity index (χ1) is 10.1. The third kappa shape index (κ3) is 3.61. The Hall–Kier alpha value is -0.160. The molecule has 0 bridgehead atoms. The molecule has 3 aliphatic rings. The molecule has 4 heteroatoms. The van der Waals surface area contributed by atoms with Crippen molar-refractivity contribution < 1.29 is 9.84 Å². The maximum absolute atomic E-state index is 10.6. The predicted molar refractivity (Wildman–Crippen MR) is 84.4 cm³/mol. The van der Waals surface area contributed by atoms with Gasteiger partial charge in [0.2, 0.25) is 0 Å². The summed E-state index contributed by atoms with van der Waals surface area (Å²) in [6.45, 7) is 11.9. The highest BCUT2D eigenvalue weighted by Crippen LogP contribution is 2.39. The van der Waals surface area contributed by atoms with Crippen LogP contribution in [0.2, 0.25) is 0 Å². The zero-order chi connectivity index (χ0) is 14.9. The summed E-state index contributed by atoms with van der Waals surface area (Å²) in [5.41, 5.74) is 0.103. The Bertz CT molecular complexity index is 342. The number of hydrogen-bond acceptors (Lipinski definition) is 4. The fourth-order valence-electron chi connectivity index (χ4n) is 4.51. The first-order valence-corrected chi connectivity index (χ1v) is 8.78. The average molecular weight is 296 g/mol. The molecule has 3 rings (SSSR count). The lowest BCUT2D eigenvalue weighted by Crippen LogP contribution is -2.47. The zero-order valence-electron chi connectivity index (χ0n) is 13.8. The van der Waals surface area contributed by atoms with Crippen molar-refractivity contribution in [3.05, 3.63) is 0 Å². The van der Waals surface area contributed by atoms with Crippen LogP contribution in [0.4, 0.5) is 0 Å². The molecule has 2 aliphatic heterocycles. The van der Waals surface area contributed by atoms with Gasteiger partial charge in [-0.2, -0.15) is 0 Å². The van der Waals surface area contributed by atoms with Gasteiger partial charge < -0.3 is 14.7 Å². The minimum atomic E-state index is -0.131. The summed E-state index contributed by atoms with van der Waals surface area (Å²) in [4.78, 5) is 5.19. The van der Waals surface area contributed by atoms with E-state index in [0.29, 0.717) is 12.0 Å². The number of nitrogens with zero attached hydrogens (tertiary/aromatic N) is 2. The van der Waals surface area contributed by atoms with Crippen LogP contribution >= 0.6 is 0 Å². The normalized spacial score (nSPS) is 38.7. The maximum Gasteiger partial charge on any atom is 0.0631 e. The first kappa shape index (κ1) is 15.7. The molecular formula is C17H32N2O2. The molecule has 2 saturated heterocycles. The molecule has 1 N–H and O–H groups in total. The van der Waals surface area contributed by atoms with E-state index in [4.69, 9.17) is 4.74 Å². The van der Waals surface area contributed by atoms with Gasteiger partial charge in [0.25, 0.3) is 0 Å². The Morgan fingerprint density at radius 1 is 1.14 bits per heavy atom. The van der Waals surface area contributed by atoms with E-state index in [2.05, 4.69) is 23.6 Å². The van der Waals surface area contributed by atoms with E-state index in [1.165, 1.54) is 38.8 Å². The number of ether oxygens (including phenoxy) is 1. The van der Waals surface area contributed by atoms with E-state index >= 15 is 0 Å². The van der Waals surface area contributed by atoms with Crippen molar-refractivity contribution in [2.45, 2.75) is 51.7 Å². The van der Waals surface area contributed by atoms with E-state index in [-0.39, 0.29) is 11.5 Å². The van der Waals surface area contributed by atoms with E-state index in [1.54, 1.807) is 0 Å². The van der Waals surface area contributed by atoms with Crippen molar-refractivity contribution in [2.75, 3.05) is 45.9 Å². The van der Waals surface area contributed by atoms with Crippen molar-refractivity contribution in [3.63, 3.8) is 0 Å². The van der Waals surface area contributed by atoms with E-state index in [0.717, 1.165) is 32.8 Å². The fourth-order valence-corrected chi connectivity index (χ4v) is 4.51. The third-order valence-corrected chi connectivity index (χ3v) is 5.95. The lowest BCUT2D eigenvalue weighted by atomic mass is 9.69. The van der Waals surface area contributed by atoms with Gasteiger partial charge in [0.15, 0.2) is 0 Å². The minimum absolute atomic E-state index is 0.103. The highest BCUT2D eigenvalue weighted by atomic mass is 16.5. The summed E-state index contributed by atoms with van der Waals surface area (Å²) >= 11 is 0. The second kappa shape index (κ2) is 6.53. The number of morpholine rings is 1. The Morgan fingerprint density at radius 2 is 1.90 bits per heavy atom. The quantitative estimate of drug-likeness (QED) is 0.858. The van der Waals surface area contributed by atoms with Crippen LogP contribution in [0.3, 0.4) is 0 Å². The smallest absolute Gasteiger partial charge is 0.0631 e. The van der Waals surface area contributed by atoms with Crippen molar-refractivity contribution in [2.24, 2.45) is 11.3 Å². The Kier molecular flexibility index (Phi) is 4.89. The SMILES string of the molecule is CC1(C)CCCC(CN2CCC(N3CCOCC3)C2)C1O. The molecule has 3 unspecified atom stereocenters. The molecule has 1 saturated carbocycles.